The second-order valence-electron chi connectivity index (χ2n) is 4.63. The van der Waals surface area contributed by atoms with Crippen molar-refractivity contribution in [1.82, 2.24) is 9.88 Å². The van der Waals surface area contributed by atoms with Crippen molar-refractivity contribution >= 4 is 5.78 Å². The van der Waals surface area contributed by atoms with Crippen LogP contribution in [-0.2, 0) is 6.42 Å². The number of pyridine rings is 1. The zero-order valence-electron chi connectivity index (χ0n) is 11.1. The van der Waals surface area contributed by atoms with Gasteiger partial charge in [-0.25, -0.2) is 0 Å². The quantitative estimate of drug-likeness (QED) is 0.742. The van der Waals surface area contributed by atoms with E-state index in [0.29, 0.717) is 6.54 Å². The Kier molecular flexibility index (Phi) is 4.81. The number of carbonyl (C=O) groups excluding carboxylic acids is 1. The minimum absolute atomic E-state index is 0.165. The molecule has 0 saturated heterocycles. The van der Waals surface area contributed by atoms with Gasteiger partial charge in [0.1, 0.15) is 0 Å². The number of Topliss-reactive ketones (excluding diaryl/α,β-unsaturated/α-hetero) is 1. The first-order chi connectivity index (χ1) is 9.25. The van der Waals surface area contributed by atoms with Crippen LogP contribution in [0.25, 0.3) is 0 Å². The van der Waals surface area contributed by atoms with Gasteiger partial charge in [-0.3, -0.25) is 14.7 Å². The summed E-state index contributed by atoms with van der Waals surface area (Å²) in [5.41, 5.74) is 2.02. The molecule has 0 aliphatic carbocycles. The van der Waals surface area contributed by atoms with Gasteiger partial charge in [0, 0.05) is 24.5 Å². The summed E-state index contributed by atoms with van der Waals surface area (Å²) in [6.45, 7) is 1.32. The van der Waals surface area contributed by atoms with Crippen LogP contribution in [0.1, 0.15) is 15.9 Å². The molecule has 0 N–H and O–H groups in total. The Balaban J connectivity index is 1.81. The average molecular weight is 254 g/mol. The summed E-state index contributed by atoms with van der Waals surface area (Å²) < 4.78 is 0. The molecular formula is C16H18N2O. The Hall–Kier alpha value is -2.00. The molecule has 19 heavy (non-hydrogen) atoms. The molecule has 0 aliphatic heterocycles. The van der Waals surface area contributed by atoms with Gasteiger partial charge < -0.3 is 0 Å². The van der Waals surface area contributed by atoms with Crippen molar-refractivity contribution in [3.05, 3.63) is 66.0 Å². The molecule has 3 heteroatoms. The highest BCUT2D eigenvalue weighted by Gasteiger charge is 2.08. The van der Waals surface area contributed by atoms with Gasteiger partial charge in [0.2, 0.25) is 0 Å². The van der Waals surface area contributed by atoms with E-state index in [-0.39, 0.29) is 5.78 Å². The van der Waals surface area contributed by atoms with Crippen LogP contribution in [0.3, 0.4) is 0 Å². The number of benzene rings is 1. The number of hydrogen-bond acceptors (Lipinski definition) is 3. The lowest BCUT2D eigenvalue weighted by molar-refractivity contribution is 0.0947. The van der Waals surface area contributed by atoms with Crippen molar-refractivity contribution in [2.45, 2.75) is 6.42 Å². The fourth-order valence-corrected chi connectivity index (χ4v) is 1.91. The average Bonchev–Trinajstić information content (AvgIpc) is 2.47. The minimum Gasteiger partial charge on any atom is -0.299 e. The van der Waals surface area contributed by atoms with Gasteiger partial charge in [0.05, 0.1) is 6.54 Å². The third kappa shape index (κ3) is 4.30. The molecule has 0 spiro atoms. The number of rotatable bonds is 6. The molecule has 0 atom stereocenters. The lowest BCUT2D eigenvalue weighted by Gasteiger charge is -2.15. The smallest absolute Gasteiger partial charge is 0.176 e. The summed E-state index contributed by atoms with van der Waals surface area (Å²) in [6.07, 6.45) is 4.52. The molecule has 0 unspecified atom stereocenters. The maximum atomic E-state index is 12.0. The Morgan fingerprint density at radius 2 is 1.79 bits per heavy atom. The fourth-order valence-electron chi connectivity index (χ4n) is 1.91. The number of hydrogen-bond donors (Lipinski definition) is 0. The van der Waals surface area contributed by atoms with Gasteiger partial charge in [0.25, 0.3) is 0 Å². The van der Waals surface area contributed by atoms with Crippen LogP contribution in [0.2, 0.25) is 0 Å². The number of aromatic nitrogens is 1. The first-order valence-electron chi connectivity index (χ1n) is 6.41. The van der Waals surface area contributed by atoms with Crippen molar-refractivity contribution in [3.8, 4) is 0 Å². The van der Waals surface area contributed by atoms with Crippen molar-refractivity contribution in [2.75, 3.05) is 20.1 Å². The molecule has 0 bridgehead atoms. The van der Waals surface area contributed by atoms with Crippen LogP contribution >= 0.6 is 0 Å². The monoisotopic (exact) mass is 254 g/mol. The second kappa shape index (κ2) is 6.81. The summed E-state index contributed by atoms with van der Waals surface area (Å²) in [4.78, 5) is 18.1. The molecule has 3 nitrogen and oxygen atoms in total. The van der Waals surface area contributed by atoms with Crippen molar-refractivity contribution in [3.63, 3.8) is 0 Å². The Morgan fingerprint density at radius 3 is 2.47 bits per heavy atom. The molecule has 0 aliphatic rings. The first kappa shape index (κ1) is 13.4. The molecule has 98 valence electrons. The predicted octanol–water partition coefficient (Wildman–Crippen LogP) is 2.44. The predicted molar refractivity (Wildman–Crippen MR) is 76.2 cm³/mol. The third-order valence-electron chi connectivity index (χ3n) is 3.04. The molecular weight excluding hydrogens is 236 g/mol. The highest BCUT2D eigenvalue weighted by atomic mass is 16.1. The number of nitrogens with zero attached hydrogens (tertiary/aromatic N) is 2. The van der Waals surface area contributed by atoms with Gasteiger partial charge in [0.15, 0.2) is 5.78 Å². The van der Waals surface area contributed by atoms with Crippen LogP contribution in [0, 0.1) is 0 Å². The summed E-state index contributed by atoms with van der Waals surface area (Å²) in [5, 5.41) is 0. The van der Waals surface area contributed by atoms with Crippen LogP contribution < -0.4 is 0 Å². The summed E-state index contributed by atoms with van der Waals surface area (Å²) in [7, 11) is 1.97. The van der Waals surface area contributed by atoms with Crippen molar-refractivity contribution < 1.29 is 4.79 Å². The normalized spacial score (nSPS) is 10.6. The Morgan fingerprint density at radius 1 is 1.11 bits per heavy atom. The first-order valence-corrected chi connectivity index (χ1v) is 6.41. The van der Waals surface area contributed by atoms with Crippen LogP contribution in [0.15, 0.2) is 54.9 Å². The van der Waals surface area contributed by atoms with E-state index < -0.39 is 0 Å². The van der Waals surface area contributed by atoms with E-state index in [0.717, 1.165) is 18.5 Å². The third-order valence-corrected chi connectivity index (χ3v) is 3.04. The largest absolute Gasteiger partial charge is 0.299 e. The maximum absolute atomic E-state index is 12.0. The maximum Gasteiger partial charge on any atom is 0.176 e. The number of likely N-dealkylation sites (N-methyl/N-ethyl adjacent to an activating group) is 1. The standard InChI is InChI=1S/C16H18N2O/c1-18(12-9-14-7-10-17-11-8-14)13-16(19)15-5-3-2-4-6-15/h2-8,10-11H,9,12-13H2,1H3. The molecule has 0 fully saturated rings. The van der Waals surface area contributed by atoms with Crippen LogP contribution in [0.4, 0.5) is 0 Å². The topological polar surface area (TPSA) is 33.2 Å². The van der Waals surface area contributed by atoms with Crippen LogP contribution in [0.5, 0.6) is 0 Å². The molecule has 1 aromatic heterocycles. The zero-order valence-corrected chi connectivity index (χ0v) is 11.1. The van der Waals surface area contributed by atoms with E-state index in [1.165, 1.54) is 5.56 Å². The van der Waals surface area contributed by atoms with E-state index in [4.69, 9.17) is 0 Å². The Labute approximate surface area is 113 Å². The van der Waals surface area contributed by atoms with E-state index in [9.17, 15) is 4.79 Å². The summed E-state index contributed by atoms with van der Waals surface area (Å²) in [6, 6.07) is 13.4. The molecule has 1 aromatic carbocycles. The highest BCUT2D eigenvalue weighted by molar-refractivity contribution is 5.97. The molecule has 1 heterocycles. The van der Waals surface area contributed by atoms with Gasteiger partial charge in [-0.1, -0.05) is 30.3 Å². The summed E-state index contributed by atoms with van der Waals surface area (Å²) in [5.74, 6) is 0.165. The van der Waals surface area contributed by atoms with Gasteiger partial charge in [-0.2, -0.15) is 0 Å². The van der Waals surface area contributed by atoms with Gasteiger partial charge in [-0.15, -0.1) is 0 Å². The molecule has 2 rings (SSSR count). The van der Waals surface area contributed by atoms with Crippen molar-refractivity contribution in [2.24, 2.45) is 0 Å². The molecule has 0 saturated carbocycles. The molecule has 0 radical (unpaired) electrons. The van der Waals surface area contributed by atoms with E-state index >= 15 is 0 Å². The number of carbonyl (C=O) groups is 1. The van der Waals surface area contributed by atoms with E-state index in [1.54, 1.807) is 12.4 Å². The second-order valence-corrected chi connectivity index (χ2v) is 4.63. The molecule has 0 amide bonds. The zero-order chi connectivity index (χ0) is 13.5. The fraction of sp³-hybridized carbons (Fsp3) is 0.250. The lowest BCUT2D eigenvalue weighted by atomic mass is 10.1. The highest BCUT2D eigenvalue weighted by Crippen LogP contribution is 2.03. The van der Waals surface area contributed by atoms with Gasteiger partial charge >= 0.3 is 0 Å². The van der Waals surface area contributed by atoms with Crippen LogP contribution in [-0.4, -0.2) is 35.8 Å². The number of ketones is 1. The van der Waals surface area contributed by atoms with E-state index in [1.807, 2.05) is 49.5 Å². The Bertz CT molecular complexity index is 511. The SMILES string of the molecule is CN(CCc1ccncc1)CC(=O)c1ccccc1. The minimum atomic E-state index is 0.165. The van der Waals surface area contributed by atoms with E-state index in [2.05, 4.69) is 9.88 Å². The lowest BCUT2D eigenvalue weighted by Crippen LogP contribution is -2.28. The van der Waals surface area contributed by atoms with Gasteiger partial charge in [-0.05, 0) is 31.2 Å². The van der Waals surface area contributed by atoms with Crippen molar-refractivity contribution in [1.29, 1.82) is 0 Å². The molecule has 2 aromatic rings. The summed E-state index contributed by atoms with van der Waals surface area (Å²) >= 11 is 0.